The monoisotopic (exact) mass is 298 g/mol. The van der Waals surface area contributed by atoms with Gasteiger partial charge >= 0.3 is 5.97 Å². The Labute approximate surface area is 132 Å². The van der Waals surface area contributed by atoms with Gasteiger partial charge in [0.25, 0.3) is 6.54 Å². The predicted octanol–water partition coefficient (Wildman–Crippen LogP) is 3.98. The molecular formula is C18H22N2O2. The number of nitrogens with one attached hydrogen (secondary N) is 1. The summed E-state index contributed by atoms with van der Waals surface area (Å²) in [4.78, 5) is 15.2. The minimum Gasteiger partial charge on any atom is -0.441 e. The van der Waals surface area contributed by atoms with Gasteiger partial charge in [0.2, 0.25) is 5.60 Å². The van der Waals surface area contributed by atoms with Crippen LogP contribution in [-0.4, -0.2) is 18.1 Å². The summed E-state index contributed by atoms with van der Waals surface area (Å²) < 4.78 is 5.49. The largest absolute Gasteiger partial charge is 0.441 e. The van der Waals surface area contributed by atoms with Crippen LogP contribution in [0.2, 0.25) is 0 Å². The number of cyclic esters (lactones) is 1. The molecule has 22 heavy (non-hydrogen) atoms. The first-order valence-corrected chi connectivity index (χ1v) is 7.54. The Morgan fingerprint density at radius 3 is 2.36 bits per heavy atom. The van der Waals surface area contributed by atoms with Gasteiger partial charge in [0.1, 0.15) is 0 Å². The summed E-state index contributed by atoms with van der Waals surface area (Å²) in [6.45, 7) is 15.5. The lowest BCUT2D eigenvalue weighted by Crippen LogP contribution is -2.43. The number of ether oxygens (including phenoxy) is 1. The number of anilines is 1. The van der Waals surface area contributed by atoms with E-state index in [4.69, 9.17) is 11.3 Å². The number of nitrogens with zero attached hydrogens (tertiary/aromatic N) is 1. The van der Waals surface area contributed by atoms with Crippen LogP contribution in [0.1, 0.15) is 39.2 Å². The second-order valence-electron chi connectivity index (χ2n) is 6.24. The topological polar surface area (TPSA) is 42.7 Å². The molecule has 0 amide bonds. The second-order valence-corrected chi connectivity index (χ2v) is 6.24. The Kier molecular flexibility index (Phi) is 4.56. The van der Waals surface area contributed by atoms with Gasteiger partial charge in [-0.3, -0.25) is 0 Å². The molecule has 1 N–H and O–H groups in total. The molecule has 0 saturated carbocycles. The van der Waals surface area contributed by atoms with E-state index < -0.39 is 11.6 Å². The molecule has 1 aliphatic heterocycles. The minimum atomic E-state index is -0.879. The molecule has 0 bridgehead atoms. The van der Waals surface area contributed by atoms with Gasteiger partial charge in [0.05, 0.1) is 5.70 Å². The maximum absolute atomic E-state index is 11.7. The molecule has 1 aliphatic rings. The number of carbonyl (C=O) groups is 1. The van der Waals surface area contributed by atoms with Gasteiger partial charge < -0.3 is 14.9 Å². The maximum Gasteiger partial charge on any atom is 0.333 e. The van der Waals surface area contributed by atoms with Crippen LogP contribution in [-0.2, 0) is 9.53 Å². The average molecular weight is 298 g/mol. The molecule has 4 nitrogen and oxygen atoms in total. The van der Waals surface area contributed by atoms with Crippen LogP contribution in [0, 0.1) is 12.5 Å². The summed E-state index contributed by atoms with van der Waals surface area (Å²) >= 11 is 0. The van der Waals surface area contributed by atoms with Gasteiger partial charge in [0.15, 0.2) is 0 Å². The fourth-order valence-corrected chi connectivity index (χ4v) is 2.60. The molecule has 1 aromatic carbocycles. The van der Waals surface area contributed by atoms with E-state index >= 15 is 0 Å². The molecule has 1 atom stereocenters. The smallest absolute Gasteiger partial charge is 0.333 e. The Morgan fingerprint density at radius 1 is 1.23 bits per heavy atom. The Balaban J connectivity index is 2.27. The SMILES string of the molecule is [C-]#[N+]CC1(C(C)C)OC(=O)C=C1Nc1ccc(C(C)C)cc1. The summed E-state index contributed by atoms with van der Waals surface area (Å²) in [5.74, 6) is 0.0990. The van der Waals surface area contributed by atoms with Crippen LogP contribution in [0.4, 0.5) is 5.69 Å². The van der Waals surface area contributed by atoms with E-state index in [0.29, 0.717) is 11.6 Å². The summed E-state index contributed by atoms with van der Waals surface area (Å²) in [6.07, 6.45) is 1.46. The van der Waals surface area contributed by atoms with Crippen molar-refractivity contribution < 1.29 is 9.53 Å². The predicted molar refractivity (Wildman–Crippen MR) is 87.4 cm³/mol. The third-order valence-corrected chi connectivity index (χ3v) is 4.10. The normalized spacial score (nSPS) is 20.8. The lowest BCUT2D eigenvalue weighted by Gasteiger charge is -2.30. The lowest BCUT2D eigenvalue weighted by molar-refractivity contribution is -0.148. The van der Waals surface area contributed by atoms with E-state index in [1.165, 1.54) is 11.6 Å². The van der Waals surface area contributed by atoms with E-state index in [9.17, 15) is 4.79 Å². The summed E-state index contributed by atoms with van der Waals surface area (Å²) in [5, 5.41) is 3.27. The standard InChI is InChI=1S/C18H22N2O2/c1-12(2)14-6-8-15(9-7-14)20-16-10-17(21)22-18(16,11-19-5)13(3)4/h6-10,12-13,20H,11H2,1-4H3. The highest BCUT2D eigenvalue weighted by Gasteiger charge is 2.49. The molecule has 1 aromatic rings. The number of benzene rings is 1. The van der Waals surface area contributed by atoms with Gasteiger partial charge in [-0.2, -0.15) is 0 Å². The number of hydrogen-bond donors (Lipinski definition) is 1. The summed E-state index contributed by atoms with van der Waals surface area (Å²) in [7, 11) is 0. The molecular weight excluding hydrogens is 276 g/mol. The van der Waals surface area contributed by atoms with Crippen molar-refractivity contribution >= 4 is 11.7 Å². The molecule has 1 heterocycles. The van der Waals surface area contributed by atoms with E-state index in [2.05, 4.69) is 36.1 Å². The summed E-state index contributed by atoms with van der Waals surface area (Å²) in [5.41, 5.74) is 1.94. The number of carbonyl (C=O) groups excluding carboxylic acids is 1. The third kappa shape index (κ3) is 2.99. The second kappa shape index (κ2) is 6.23. The van der Waals surface area contributed by atoms with Crippen molar-refractivity contribution in [3.05, 3.63) is 53.0 Å². The summed E-state index contributed by atoms with van der Waals surface area (Å²) in [6, 6.07) is 8.11. The number of hydrogen-bond acceptors (Lipinski definition) is 3. The molecule has 0 aliphatic carbocycles. The van der Waals surface area contributed by atoms with E-state index in [0.717, 1.165) is 5.69 Å². The van der Waals surface area contributed by atoms with Gasteiger partial charge in [-0.15, -0.1) is 0 Å². The van der Waals surface area contributed by atoms with Crippen molar-refractivity contribution in [1.82, 2.24) is 0 Å². The average Bonchev–Trinajstić information content (AvgIpc) is 2.77. The van der Waals surface area contributed by atoms with Crippen molar-refractivity contribution in [3.8, 4) is 0 Å². The van der Waals surface area contributed by atoms with Crippen molar-refractivity contribution in [2.24, 2.45) is 5.92 Å². The van der Waals surface area contributed by atoms with Crippen LogP contribution < -0.4 is 5.32 Å². The van der Waals surface area contributed by atoms with E-state index in [1.54, 1.807) is 0 Å². The molecule has 4 heteroatoms. The zero-order chi connectivity index (χ0) is 16.3. The van der Waals surface area contributed by atoms with Crippen LogP contribution >= 0.6 is 0 Å². The Hall–Kier alpha value is -2.28. The van der Waals surface area contributed by atoms with Crippen molar-refractivity contribution in [3.63, 3.8) is 0 Å². The molecule has 116 valence electrons. The fourth-order valence-electron chi connectivity index (χ4n) is 2.60. The van der Waals surface area contributed by atoms with Crippen molar-refractivity contribution in [1.29, 1.82) is 0 Å². The Bertz CT molecular complexity index is 623. The van der Waals surface area contributed by atoms with Gasteiger partial charge in [-0.05, 0) is 23.6 Å². The van der Waals surface area contributed by atoms with Crippen LogP contribution in [0.5, 0.6) is 0 Å². The highest BCUT2D eigenvalue weighted by atomic mass is 16.6. The van der Waals surface area contributed by atoms with E-state index in [-0.39, 0.29) is 12.5 Å². The fraction of sp³-hybridized carbons (Fsp3) is 0.444. The highest BCUT2D eigenvalue weighted by Crippen LogP contribution is 2.36. The van der Waals surface area contributed by atoms with Crippen molar-refractivity contribution in [2.45, 2.75) is 39.2 Å². The van der Waals surface area contributed by atoms with Gasteiger partial charge in [-0.25, -0.2) is 11.4 Å². The molecule has 0 saturated heterocycles. The highest BCUT2D eigenvalue weighted by molar-refractivity contribution is 5.88. The first-order chi connectivity index (χ1) is 10.4. The van der Waals surface area contributed by atoms with Gasteiger partial charge in [-0.1, -0.05) is 39.8 Å². The van der Waals surface area contributed by atoms with Crippen LogP contribution in [0.15, 0.2) is 36.0 Å². The van der Waals surface area contributed by atoms with Crippen LogP contribution in [0.3, 0.4) is 0 Å². The zero-order valence-electron chi connectivity index (χ0n) is 13.5. The molecule has 0 spiro atoms. The molecule has 0 radical (unpaired) electrons. The lowest BCUT2D eigenvalue weighted by atomic mass is 9.87. The number of rotatable bonds is 5. The zero-order valence-corrected chi connectivity index (χ0v) is 13.5. The van der Waals surface area contributed by atoms with E-state index in [1.807, 2.05) is 26.0 Å². The molecule has 2 rings (SSSR count). The molecule has 0 aromatic heterocycles. The molecule has 1 unspecified atom stereocenters. The Morgan fingerprint density at radius 2 is 1.86 bits per heavy atom. The maximum atomic E-state index is 11.7. The quantitative estimate of drug-likeness (QED) is 0.660. The van der Waals surface area contributed by atoms with Crippen LogP contribution in [0.25, 0.3) is 4.85 Å². The van der Waals surface area contributed by atoms with Gasteiger partial charge in [0, 0.05) is 17.7 Å². The first kappa shape index (κ1) is 16.1. The van der Waals surface area contributed by atoms with Crippen molar-refractivity contribution in [2.75, 3.05) is 11.9 Å². The number of esters is 1. The first-order valence-electron chi connectivity index (χ1n) is 7.54. The molecule has 0 fully saturated rings. The minimum absolute atomic E-state index is 0.0155. The third-order valence-electron chi connectivity index (χ3n) is 4.10.